The van der Waals surface area contributed by atoms with Crippen LogP contribution in [0.4, 0.5) is 0 Å². The standard InChI is InChI=1S/C11H10BrN3O.C2H6/c12-11-13-10-9(8-4-2-1-3-5-8)16-7-6-15(10)14-11;1-2/h1-5,9H,6-7H2;1-2H3. The normalized spacial score (nSPS) is 17.6. The lowest BCUT2D eigenvalue weighted by molar-refractivity contribution is 0.0390. The zero-order chi connectivity index (χ0) is 13.0. The van der Waals surface area contributed by atoms with E-state index >= 15 is 0 Å². The van der Waals surface area contributed by atoms with Gasteiger partial charge in [-0.15, -0.1) is 5.10 Å². The maximum absolute atomic E-state index is 5.76. The lowest BCUT2D eigenvalue weighted by atomic mass is 10.1. The van der Waals surface area contributed by atoms with Crippen LogP contribution in [-0.2, 0) is 11.3 Å². The van der Waals surface area contributed by atoms with Gasteiger partial charge in [-0.3, -0.25) is 0 Å². The fourth-order valence-corrected chi connectivity index (χ4v) is 2.26. The molecule has 5 heteroatoms. The van der Waals surface area contributed by atoms with E-state index in [-0.39, 0.29) is 6.10 Å². The Morgan fingerprint density at radius 3 is 2.72 bits per heavy atom. The van der Waals surface area contributed by atoms with Gasteiger partial charge in [0.2, 0.25) is 4.73 Å². The molecule has 0 saturated heterocycles. The molecule has 1 aromatic heterocycles. The Labute approximate surface area is 115 Å². The third-order valence-electron chi connectivity index (χ3n) is 2.60. The van der Waals surface area contributed by atoms with E-state index in [0.717, 1.165) is 17.9 Å². The van der Waals surface area contributed by atoms with Crippen LogP contribution < -0.4 is 0 Å². The Morgan fingerprint density at radius 1 is 1.28 bits per heavy atom. The molecular formula is C13H16BrN3O. The molecule has 4 nitrogen and oxygen atoms in total. The van der Waals surface area contributed by atoms with Gasteiger partial charge in [0.05, 0.1) is 13.2 Å². The molecule has 0 radical (unpaired) electrons. The molecule has 0 bridgehead atoms. The van der Waals surface area contributed by atoms with Crippen molar-refractivity contribution in [3.8, 4) is 0 Å². The molecule has 1 unspecified atom stereocenters. The molecule has 0 N–H and O–H groups in total. The topological polar surface area (TPSA) is 39.9 Å². The van der Waals surface area contributed by atoms with Crippen LogP contribution in [-0.4, -0.2) is 21.4 Å². The van der Waals surface area contributed by atoms with Crippen molar-refractivity contribution in [3.05, 3.63) is 46.5 Å². The van der Waals surface area contributed by atoms with Crippen molar-refractivity contribution < 1.29 is 4.74 Å². The summed E-state index contributed by atoms with van der Waals surface area (Å²) in [6.07, 6.45) is -0.103. The van der Waals surface area contributed by atoms with Gasteiger partial charge in [-0.05, 0) is 21.5 Å². The minimum atomic E-state index is -0.103. The van der Waals surface area contributed by atoms with Crippen LogP contribution in [0.5, 0.6) is 0 Å². The van der Waals surface area contributed by atoms with E-state index in [4.69, 9.17) is 4.74 Å². The van der Waals surface area contributed by atoms with Crippen molar-refractivity contribution in [1.82, 2.24) is 14.8 Å². The van der Waals surface area contributed by atoms with Gasteiger partial charge in [-0.25, -0.2) is 9.67 Å². The minimum absolute atomic E-state index is 0.103. The molecule has 0 fully saturated rings. The molecule has 0 saturated carbocycles. The highest BCUT2D eigenvalue weighted by atomic mass is 79.9. The summed E-state index contributed by atoms with van der Waals surface area (Å²) in [6, 6.07) is 10.1. The second kappa shape index (κ2) is 6.11. The van der Waals surface area contributed by atoms with Crippen LogP contribution in [0.15, 0.2) is 35.1 Å². The first-order chi connectivity index (χ1) is 8.84. The summed E-state index contributed by atoms with van der Waals surface area (Å²) in [4.78, 5) is 4.35. The molecule has 0 amide bonds. The van der Waals surface area contributed by atoms with Crippen molar-refractivity contribution in [2.75, 3.05) is 6.61 Å². The highest BCUT2D eigenvalue weighted by Crippen LogP contribution is 2.28. The fraction of sp³-hybridized carbons (Fsp3) is 0.385. The van der Waals surface area contributed by atoms with E-state index in [1.165, 1.54) is 0 Å². The maximum Gasteiger partial charge on any atom is 0.217 e. The number of aromatic nitrogens is 3. The second-order valence-electron chi connectivity index (χ2n) is 3.62. The van der Waals surface area contributed by atoms with Gasteiger partial charge in [0, 0.05) is 0 Å². The number of fused-ring (bicyclic) bond motifs is 1. The summed E-state index contributed by atoms with van der Waals surface area (Å²) in [6.45, 7) is 5.43. The highest BCUT2D eigenvalue weighted by molar-refractivity contribution is 9.10. The smallest absolute Gasteiger partial charge is 0.217 e. The monoisotopic (exact) mass is 309 g/mol. The quantitative estimate of drug-likeness (QED) is 0.812. The number of ether oxygens (including phenoxy) is 1. The molecule has 2 aromatic rings. The summed E-state index contributed by atoms with van der Waals surface area (Å²) in [5.74, 6) is 0.865. The molecular weight excluding hydrogens is 294 g/mol. The Hall–Kier alpha value is -1.20. The Bertz CT molecular complexity index is 498. The van der Waals surface area contributed by atoms with Gasteiger partial charge in [0.25, 0.3) is 0 Å². The van der Waals surface area contributed by atoms with Crippen LogP contribution in [0, 0.1) is 0 Å². The molecule has 0 aliphatic carbocycles. The number of benzene rings is 1. The van der Waals surface area contributed by atoms with E-state index in [1.54, 1.807) is 0 Å². The van der Waals surface area contributed by atoms with E-state index in [9.17, 15) is 0 Å². The Kier molecular flexibility index (Phi) is 4.49. The van der Waals surface area contributed by atoms with Crippen molar-refractivity contribution in [2.45, 2.75) is 26.5 Å². The SMILES string of the molecule is Brc1nc2n(n1)CCOC2c1ccccc1.CC. The summed E-state index contributed by atoms with van der Waals surface area (Å²) < 4.78 is 8.27. The van der Waals surface area contributed by atoms with Crippen LogP contribution in [0.25, 0.3) is 0 Å². The summed E-state index contributed by atoms with van der Waals surface area (Å²) in [5.41, 5.74) is 1.11. The summed E-state index contributed by atoms with van der Waals surface area (Å²) in [5, 5.41) is 4.27. The van der Waals surface area contributed by atoms with Crippen molar-refractivity contribution in [3.63, 3.8) is 0 Å². The average molecular weight is 310 g/mol. The molecule has 18 heavy (non-hydrogen) atoms. The highest BCUT2D eigenvalue weighted by Gasteiger charge is 2.25. The van der Waals surface area contributed by atoms with E-state index in [1.807, 2.05) is 48.9 Å². The zero-order valence-electron chi connectivity index (χ0n) is 10.5. The maximum atomic E-state index is 5.76. The van der Waals surface area contributed by atoms with Crippen molar-refractivity contribution >= 4 is 15.9 Å². The van der Waals surface area contributed by atoms with E-state index in [2.05, 4.69) is 26.0 Å². The van der Waals surface area contributed by atoms with Gasteiger partial charge in [-0.1, -0.05) is 44.2 Å². The van der Waals surface area contributed by atoms with Crippen molar-refractivity contribution in [2.24, 2.45) is 0 Å². The molecule has 0 spiro atoms. The van der Waals surface area contributed by atoms with Crippen LogP contribution in [0.1, 0.15) is 31.3 Å². The lowest BCUT2D eigenvalue weighted by Crippen LogP contribution is -2.23. The van der Waals surface area contributed by atoms with Gasteiger partial charge < -0.3 is 4.74 Å². The Balaban J connectivity index is 0.000000574. The van der Waals surface area contributed by atoms with Crippen LogP contribution in [0.3, 0.4) is 0 Å². The Morgan fingerprint density at radius 2 is 2.00 bits per heavy atom. The molecule has 1 atom stereocenters. The first-order valence-corrected chi connectivity index (χ1v) is 6.91. The molecule has 2 heterocycles. The van der Waals surface area contributed by atoms with Crippen molar-refractivity contribution in [1.29, 1.82) is 0 Å². The molecule has 1 aromatic carbocycles. The van der Waals surface area contributed by atoms with Gasteiger partial charge in [0.15, 0.2) is 5.82 Å². The third kappa shape index (κ3) is 2.62. The van der Waals surface area contributed by atoms with Gasteiger partial charge in [-0.2, -0.15) is 0 Å². The molecule has 1 aliphatic rings. The number of hydrogen-bond acceptors (Lipinski definition) is 3. The average Bonchev–Trinajstić information content (AvgIpc) is 2.82. The second-order valence-corrected chi connectivity index (χ2v) is 4.33. The van der Waals surface area contributed by atoms with Gasteiger partial charge >= 0.3 is 0 Å². The lowest BCUT2D eigenvalue weighted by Gasteiger charge is -2.22. The van der Waals surface area contributed by atoms with Crippen LogP contribution >= 0.6 is 15.9 Å². The zero-order valence-corrected chi connectivity index (χ0v) is 12.1. The summed E-state index contributed by atoms with van der Waals surface area (Å²) >= 11 is 3.29. The number of rotatable bonds is 1. The fourth-order valence-electron chi connectivity index (χ4n) is 1.89. The number of nitrogens with zero attached hydrogens (tertiary/aromatic N) is 3. The third-order valence-corrected chi connectivity index (χ3v) is 2.93. The summed E-state index contributed by atoms with van der Waals surface area (Å²) in [7, 11) is 0. The van der Waals surface area contributed by atoms with E-state index < -0.39 is 0 Å². The molecule has 96 valence electrons. The first-order valence-electron chi connectivity index (χ1n) is 6.11. The number of hydrogen-bond donors (Lipinski definition) is 0. The largest absolute Gasteiger partial charge is 0.364 e. The molecule has 1 aliphatic heterocycles. The number of halogens is 1. The molecule has 3 rings (SSSR count). The van der Waals surface area contributed by atoms with Crippen LogP contribution in [0.2, 0.25) is 0 Å². The van der Waals surface area contributed by atoms with E-state index in [0.29, 0.717) is 11.3 Å². The first kappa shape index (κ1) is 13.2. The minimum Gasteiger partial charge on any atom is -0.364 e. The predicted molar refractivity (Wildman–Crippen MR) is 73.3 cm³/mol. The predicted octanol–water partition coefficient (Wildman–Crippen LogP) is 3.19. The van der Waals surface area contributed by atoms with Gasteiger partial charge in [0.1, 0.15) is 6.10 Å².